The Labute approximate surface area is 125 Å². The molecule has 0 radical (unpaired) electrons. The highest BCUT2D eigenvalue weighted by atomic mass is 32.1. The maximum Gasteiger partial charge on any atom is 0.242 e. The van der Waals surface area contributed by atoms with Crippen LogP contribution in [0.5, 0.6) is 5.88 Å². The number of imidazole rings is 1. The monoisotopic (exact) mass is 306 g/mol. The van der Waals surface area contributed by atoms with Gasteiger partial charge in [-0.3, -0.25) is 4.57 Å². The first-order valence-corrected chi connectivity index (χ1v) is 7.51. The summed E-state index contributed by atoms with van der Waals surface area (Å²) in [4.78, 5) is 12.9. The Bertz CT molecular complexity index is 775. The molecule has 0 aliphatic heterocycles. The molecule has 3 heterocycles. The Morgan fingerprint density at radius 2 is 2.35 bits per heavy atom. The fraction of sp³-hybridized carbons (Fsp3) is 0.308. The lowest BCUT2D eigenvalue weighted by atomic mass is 10.2. The summed E-state index contributed by atoms with van der Waals surface area (Å²) >= 11 is 7.17. The molecule has 0 aromatic carbocycles. The number of hydrogen-bond acceptors (Lipinski definition) is 5. The number of nitrogens with zero attached hydrogens (tertiary/aromatic N) is 3. The molecule has 1 atom stereocenters. The lowest BCUT2D eigenvalue weighted by molar-refractivity contribution is 0.401. The maximum atomic E-state index is 5.42. The molecule has 104 valence electrons. The fourth-order valence-corrected chi connectivity index (χ4v) is 3.49. The van der Waals surface area contributed by atoms with Gasteiger partial charge in [0.1, 0.15) is 11.8 Å². The summed E-state index contributed by atoms with van der Waals surface area (Å²) in [6.07, 6.45) is 2.42. The highest BCUT2D eigenvalue weighted by Crippen LogP contribution is 2.25. The second kappa shape index (κ2) is 5.34. The quantitative estimate of drug-likeness (QED) is 0.751. The van der Waals surface area contributed by atoms with Gasteiger partial charge in [0, 0.05) is 17.3 Å². The minimum atomic E-state index is 0.217. The first kappa shape index (κ1) is 13.3. The van der Waals surface area contributed by atoms with Crippen LogP contribution in [0.15, 0.2) is 23.8 Å². The topological polar surface area (TPSA) is 55.7 Å². The molecule has 7 heteroatoms. The predicted octanol–water partition coefficient (Wildman–Crippen LogP) is 3.36. The van der Waals surface area contributed by atoms with Crippen LogP contribution in [0, 0.1) is 4.77 Å². The van der Waals surface area contributed by atoms with Gasteiger partial charge in [0.2, 0.25) is 5.88 Å². The first-order valence-electron chi connectivity index (χ1n) is 6.22. The van der Waals surface area contributed by atoms with Gasteiger partial charge in [-0.2, -0.15) is 4.98 Å². The summed E-state index contributed by atoms with van der Waals surface area (Å²) < 4.78 is 7.91. The van der Waals surface area contributed by atoms with Crippen molar-refractivity contribution in [1.29, 1.82) is 0 Å². The number of nitrogens with one attached hydrogen (secondary N) is 1. The van der Waals surface area contributed by atoms with E-state index >= 15 is 0 Å². The Morgan fingerprint density at radius 1 is 1.50 bits per heavy atom. The van der Waals surface area contributed by atoms with Crippen molar-refractivity contribution in [3.63, 3.8) is 0 Å². The zero-order valence-electron chi connectivity index (χ0n) is 11.2. The van der Waals surface area contributed by atoms with E-state index in [9.17, 15) is 0 Å². The van der Waals surface area contributed by atoms with Crippen LogP contribution >= 0.6 is 23.6 Å². The second-order valence-corrected chi connectivity index (χ2v) is 5.93. The third-order valence-electron chi connectivity index (χ3n) is 3.18. The van der Waals surface area contributed by atoms with Crippen molar-refractivity contribution in [3.05, 3.63) is 33.5 Å². The number of rotatable bonds is 4. The molecule has 0 aliphatic carbocycles. The van der Waals surface area contributed by atoms with Crippen molar-refractivity contribution in [2.75, 3.05) is 7.11 Å². The molecule has 3 aromatic rings. The summed E-state index contributed by atoms with van der Waals surface area (Å²) in [5.74, 6) is 0.517. The van der Waals surface area contributed by atoms with E-state index in [0.717, 1.165) is 17.6 Å². The first-order chi connectivity index (χ1) is 9.70. The van der Waals surface area contributed by atoms with Crippen LogP contribution in [-0.4, -0.2) is 26.6 Å². The highest BCUT2D eigenvalue weighted by Gasteiger charge is 2.16. The van der Waals surface area contributed by atoms with Crippen LogP contribution in [0.25, 0.3) is 11.2 Å². The average molecular weight is 306 g/mol. The summed E-state index contributed by atoms with van der Waals surface area (Å²) in [5.41, 5.74) is 1.53. The number of aromatic amines is 1. The molecule has 0 saturated carbocycles. The van der Waals surface area contributed by atoms with E-state index in [-0.39, 0.29) is 6.04 Å². The average Bonchev–Trinajstić information content (AvgIpc) is 3.04. The number of aromatic nitrogens is 4. The van der Waals surface area contributed by atoms with Crippen molar-refractivity contribution >= 4 is 34.7 Å². The van der Waals surface area contributed by atoms with Gasteiger partial charge >= 0.3 is 0 Å². The number of H-pyrrole nitrogens is 1. The molecule has 3 rings (SSSR count). The molecule has 0 amide bonds. The minimum absolute atomic E-state index is 0.217. The van der Waals surface area contributed by atoms with Crippen molar-refractivity contribution in [1.82, 2.24) is 19.5 Å². The molecule has 3 aromatic heterocycles. The smallest absolute Gasteiger partial charge is 0.242 e. The summed E-state index contributed by atoms with van der Waals surface area (Å²) in [7, 11) is 1.59. The summed E-state index contributed by atoms with van der Waals surface area (Å²) in [5, 5.41) is 2.09. The third-order valence-corrected chi connectivity index (χ3v) is 4.38. The lowest BCUT2D eigenvalue weighted by Gasteiger charge is -2.12. The van der Waals surface area contributed by atoms with Gasteiger partial charge < -0.3 is 9.72 Å². The van der Waals surface area contributed by atoms with Crippen molar-refractivity contribution < 1.29 is 4.74 Å². The van der Waals surface area contributed by atoms with Crippen LogP contribution in [-0.2, 0) is 6.42 Å². The van der Waals surface area contributed by atoms with Crippen molar-refractivity contribution in [3.8, 4) is 5.88 Å². The van der Waals surface area contributed by atoms with E-state index in [1.807, 2.05) is 4.57 Å². The van der Waals surface area contributed by atoms with E-state index in [1.165, 1.54) is 11.2 Å². The Morgan fingerprint density at radius 3 is 3.05 bits per heavy atom. The van der Waals surface area contributed by atoms with Crippen LogP contribution in [0.1, 0.15) is 17.8 Å². The minimum Gasteiger partial charge on any atom is -0.479 e. The molecule has 0 spiro atoms. The predicted molar refractivity (Wildman–Crippen MR) is 82.0 cm³/mol. The van der Waals surface area contributed by atoms with Gasteiger partial charge in [0.05, 0.1) is 7.11 Å². The number of hydrogen-bond donors (Lipinski definition) is 1. The van der Waals surface area contributed by atoms with Crippen molar-refractivity contribution in [2.45, 2.75) is 19.4 Å². The molecular formula is C13H14N4OS2. The largest absolute Gasteiger partial charge is 0.479 e. The van der Waals surface area contributed by atoms with Crippen LogP contribution < -0.4 is 4.74 Å². The van der Waals surface area contributed by atoms with E-state index in [4.69, 9.17) is 17.0 Å². The normalized spacial score (nSPS) is 12.7. The lowest BCUT2D eigenvalue weighted by Crippen LogP contribution is -2.08. The Kier molecular flexibility index (Phi) is 3.54. The van der Waals surface area contributed by atoms with Crippen molar-refractivity contribution in [2.24, 2.45) is 0 Å². The number of methoxy groups -OCH3 is 1. The van der Waals surface area contributed by atoms with Crippen LogP contribution in [0.4, 0.5) is 0 Å². The zero-order chi connectivity index (χ0) is 14.1. The standard InChI is InChI=1S/C13H14N4OS2/c1-8(6-9-4-3-5-20-9)17-11-10(16-13(17)19)12(18-2)15-7-14-11/h3-5,7-8H,6H2,1-2H3,(H,16,19). The molecular weight excluding hydrogens is 292 g/mol. The van der Waals surface area contributed by atoms with Crippen LogP contribution in [0.3, 0.4) is 0 Å². The summed E-state index contributed by atoms with van der Waals surface area (Å²) in [6, 6.07) is 4.41. The van der Waals surface area contributed by atoms with Gasteiger partial charge in [-0.05, 0) is 30.6 Å². The summed E-state index contributed by atoms with van der Waals surface area (Å²) in [6.45, 7) is 2.14. The van der Waals surface area contributed by atoms with Gasteiger partial charge in [-0.25, -0.2) is 4.98 Å². The SMILES string of the molecule is COc1ncnc2c1[nH]c(=S)n2C(C)Cc1cccs1. The van der Waals surface area contributed by atoms with E-state index in [0.29, 0.717) is 10.7 Å². The zero-order valence-corrected chi connectivity index (χ0v) is 12.8. The maximum absolute atomic E-state index is 5.42. The molecule has 0 aliphatic rings. The highest BCUT2D eigenvalue weighted by molar-refractivity contribution is 7.71. The Hall–Kier alpha value is -1.73. The van der Waals surface area contributed by atoms with Gasteiger partial charge in [0.25, 0.3) is 0 Å². The van der Waals surface area contributed by atoms with Gasteiger partial charge in [-0.15, -0.1) is 11.3 Å². The third kappa shape index (κ3) is 2.23. The molecule has 5 nitrogen and oxygen atoms in total. The molecule has 0 bridgehead atoms. The molecule has 1 unspecified atom stereocenters. The molecule has 1 N–H and O–H groups in total. The number of thiophene rings is 1. The van der Waals surface area contributed by atoms with E-state index < -0.39 is 0 Å². The van der Waals surface area contributed by atoms with E-state index in [1.54, 1.807) is 18.4 Å². The van der Waals surface area contributed by atoms with Crippen LogP contribution in [0.2, 0.25) is 0 Å². The van der Waals surface area contributed by atoms with E-state index in [2.05, 4.69) is 39.4 Å². The second-order valence-electron chi connectivity index (χ2n) is 4.51. The fourth-order valence-electron chi connectivity index (χ4n) is 2.29. The molecule has 0 saturated heterocycles. The molecule has 0 fully saturated rings. The number of fused-ring (bicyclic) bond motifs is 1. The molecule has 20 heavy (non-hydrogen) atoms. The Balaban J connectivity index is 2.07. The van der Waals surface area contributed by atoms with Gasteiger partial charge in [0.15, 0.2) is 10.4 Å². The van der Waals surface area contributed by atoms with Gasteiger partial charge in [-0.1, -0.05) is 6.07 Å². The number of ether oxygens (including phenoxy) is 1.